The van der Waals surface area contributed by atoms with Crippen LogP contribution < -0.4 is 10.6 Å². The van der Waals surface area contributed by atoms with Gasteiger partial charge in [0.05, 0.1) is 26.1 Å². The van der Waals surface area contributed by atoms with Crippen LogP contribution in [0.25, 0.3) is 0 Å². The third-order valence-corrected chi connectivity index (χ3v) is 6.94. The lowest BCUT2D eigenvalue weighted by atomic mass is 9.93. The number of nitrogens with one attached hydrogen (secondary N) is 2. The Morgan fingerprint density at radius 2 is 0.571 bits per heavy atom. The van der Waals surface area contributed by atoms with Gasteiger partial charge < -0.3 is 20.1 Å². The number of rotatable bonds is 21. The van der Waals surface area contributed by atoms with Gasteiger partial charge in [-0.05, 0) is 12.8 Å². The summed E-state index contributed by atoms with van der Waals surface area (Å²) in [7, 11) is 0. The van der Waals surface area contributed by atoms with E-state index < -0.39 is 123 Å². The van der Waals surface area contributed by atoms with Crippen LogP contribution in [0.4, 0.5) is 124 Å². The van der Waals surface area contributed by atoms with Crippen LogP contribution in [-0.4, -0.2) is 110 Å². The Kier molecular flexibility index (Phi) is 15.9. The number of carbonyl (C=O) groups is 2. The van der Waals surface area contributed by atoms with Crippen LogP contribution in [0.15, 0.2) is 0 Å². The quantitative estimate of drug-likeness (QED) is 0.0889. The smallest absolute Gasteiger partial charge is 0.449 e. The topological polar surface area (TPSA) is 76.7 Å². The molecule has 2 N–H and O–H groups in total. The van der Waals surface area contributed by atoms with Crippen LogP contribution in [0.1, 0.15) is 38.5 Å². The Balaban J connectivity index is 4.73. The molecule has 0 heterocycles. The van der Waals surface area contributed by atoms with Crippen LogP contribution in [0, 0.1) is 0 Å². The number of ether oxygens (including phenoxy) is 2. The molecule has 0 spiro atoms. The third kappa shape index (κ3) is 10.0. The zero-order valence-electron chi connectivity index (χ0n) is 26.5. The van der Waals surface area contributed by atoms with Gasteiger partial charge in [-0.15, -0.1) is 0 Å². The first-order valence-corrected chi connectivity index (χ1v) is 14.2. The fourth-order valence-corrected chi connectivity index (χ4v) is 3.55. The van der Waals surface area contributed by atoms with Crippen molar-refractivity contribution in [1.82, 2.24) is 10.6 Å². The van der Waals surface area contributed by atoms with Gasteiger partial charge in [0.2, 0.25) is 0 Å². The first-order valence-electron chi connectivity index (χ1n) is 14.2. The van der Waals surface area contributed by atoms with Crippen molar-refractivity contribution in [2.45, 2.75) is 110 Å². The maximum absolute atomic E-state index is 13.7. The molecule has 0 radical (unpaired) electrons. The molecule has 0 unspecified atom stereocenters. The SMILES string of the molecule is O=C(NCCCCCCNC(=O)OCCC(F)(F)C(F)(F)C(F)(F)C(F)(F)C(F)(F)C(F)(F)F)OCCC(F)(F)C(F)(F)C(F)(F)C(F)(F)C(F)(F)C(F)(F)F. The van der Waals surface area contributed by atoms with Crippen molar-refractivity contribution in [2.24, 2.45) is 0 Å². The molecule has 0 aromatic rings. The maximum atomic E-state index is 13.7. The molecule has 0 fully saturated rings. The van der Waals surface area contributed by atoms with Crippen LogP contribution >= 0.6 is 0 Å². The van der Waals surface area contributed by atoms with Crippen molar-refractivity contribution in [2.75, 3.05) is 26.3 Å². The summed E-state index contributed by atoms with van der Waals surface area (Å²) in [5.74, 6) is -76.3. The summed E-state index contributed by atoms with van der Waals surface area (Å²) in [6, 6.07) is 0. The molecule has 334 valence electrons. The van der Waals surface area contributed by atoms with E-state index in [0.29, 0.717) is 0 Å². The van der Waals surface area contributed by atoms with Gasteiger partial charge in [-0.25, -0.2) is 9.59 Å². The zero-order valence-corrected chi connectivity index (χ0v) is 26.5. The molecule has 32 heteroatoms. The lowest BCUT2D eigenvalue weighted by Crippen LogP contribution is -2.70. The molecule has 6 nitrogen and oxygen atoms in total. The van der Waals surface area contributed by atoms with Crippen LogP contribution in [-0.2, 0) is 9.47 Å². The zero-order chi connectivity index (χ0) is 45.1. The standard InChI is InChI=1S/C24H22F26N2O4/c25-13(26,15(29,30)17(33,34)19(37,38)21(41,42)23(45,46)47)5-9-55-11(53)51-7-3-1-2-4-8-52-12(54)56-10-6-14(27,28)16(31,32)18(35,36)20(39,40)22(43,44)24(48,49)50/h1-10H2,(H,51,53)(H,52,54). The van der Waals surface area contributed by atoms with E-state index in [9.17, 15) is 124 Å². The molecule has 0 saturated carbocycles. The highest BCUT2D eigenvalue weighted by molar-refractivity contribution is 5.67. The molecule has 2 amide bonds. The van der Waals surface area contributed by atoms with Gasteiger partial charge in [0.15, 0.2) is 0 Å². The highest BCUT2D eigenvalue weighted by Gasteiger charge is 2.92. The second-order valence-corrected chi connectivity index (χ2v) is 11.0. The molecule has 0 atom stereocenters. The van der Waals surface area contributed by atoms with Gasteiger partial charge in [0, 0.05) is 13.1 Å². The van der Waals surface area contributed by atoms with Crippen molar-refractivity contribution in [1.29, 1.82) is 0 Å². The summed E-state index contributed by atoms with van der Waals surface area (Å²) in [4.78, 5) is 22.8. The van der Waals surface area contributed by atoms with Crippen LogP contribution in [0.2, 0.25) is 0 Å². The van der Waals surface area contributed by atoms with Crippen molar-refractivity contribution >= 4 is 12.2 Å². The van der Waals surface area contributed by atoms with Crippen molar-refractivity contribution in [3.05, 3.63) is 0 Å². The fourth-order valence-electron chi connectivity index (χ4n) is 3.55. The second kappa shape index (κ2) is 16.9. The molecule has 0 aliphatic rings. The number of amides is 2. The molecule has 0 aromatic carbocycles. The Morgan fingerprint density at radius 1 is 0.339 bits per heavy atom. The summed E-state index contributed by atoms with van der Waals surface area (Å²) in [6.45, 7) is -5.04. The molecule has 0 aliphatic heterocycles. The highest BCUT2D eigenvalue weighted by Crippen LogP contribution is 2.62. The first kappa shape index (κ1) is 52.7. The number of unbranched alkanes of at least 4 members (excludes halogenated alkanes) is 3. The van der Waals surface area contributed by atoms with Crippen LogP contribution in [0.3, 0.4) is 0 Å². The summed E-state index contributed by atoms with van der Waals surface area (Å²) in [6.07, 6.45) is -24.6. The fraction of sp³-hybridized carbons (Fsp3) is 0.917. The number of halogens is 26. The van der Waals surface area contributed by atoms with E-state index in [1.165, 1.54) is 0 Å². The number of alkyl carbamates (subject to hydrolysis) is 2. The Labute approximate surface area is 293 Å². The Bertz CT molecular complexity index is 1210. The van der Waals surface area contributed by atoms with Crippen molar-refractivity contribution in [3.63, 3.8) is 0 Å². The van der Waals surface area contributed by atoms with Gasteiger partial charge in [-0.2, -0.15) is 114 Å². The number of hydrogen-bond donors (Lipinski definition) is 2. The minimum atomic E-state index is -8.12. The van der Waals surface area contributed by atoms with Crippen LogP contribution in [0.5, 0.6) is 0 Å². The molecule has 56 heavy (non-hydrogen) atoms. The maximum Gasteiger partial charge on any atom is 0.460 e. The molecule has 0 aromatic heterocycles. The Hall–Kier alpha value is -3.28. The van der Waals surface area contributed by atoms with E-state index in [4.69, 9.17) is 0 Å². The van der Waals surface area contributed by atoms with Gasteiger partial charge in [0.1, 0.15) is 0 Å². The highest BCUT2D eigenvalue weighted by atomic mass is 19.4. The normalized spacial score (nSPS) is 15.1. The predicted octanol–water partition coefficient (Wildman–Crippen LogP) is 10.3. The molecule has 0 rings (SSSR count). The molecule has 0 bridgehead atoms. The molecule has 0 aliphatic carbocycles. The lowest BCUT2D eigenvalue weighted by Gasteiger charge is -2.39. The monoisotopic (exact) mass is 896 g/mol. The minimum absolute atomic E-state index is 0.0146. The van der Waals surface area contributed by atoms with E-state index in [-0.39, 0.29) is 25.7 Å². The largest absolute Gasteiger partial charge is 0.460 e. The van der Waals surface area contributed by atoms with Gasteiger partial charge in [-0.3, -0.25) is 0 Å². The molecular weight excluding hydrogens is 874 g/mol. The number of alkyl halides is 26. The summed E-state index contributed by atoms with van der Waals surface area (Å²) in [5, 5.41) is 3.44. The van der Waals surface area contributed by atoms with E-state index in [2.05, 4.69) is 9.47 Å². The predicted molar refractivity (Wildman–Crippen MR) is 128 cm³/mol. The van der Waals surface area contributed by atoms with E-state index >= 15 is 0 Å². The second-order valence-electron chi connectivity index (χ2n) is 11.0. The average molecular weight is 896 g/mol. The van der Waals surface area contributed by atoms with E-state index in [1.807, 2.05) is 0 Å². The van der Waals surface area contributed by atoms with Crippen molar-refractivity contribution < 1.29 is 133 Å². The molecular formula is C24H22F26N2O4. The van der Waals surface area contributed by atoms with E-state index in [0.717, 1.165) is 0 Å². The van der Waals surface area contributed by atoms with Gasteiger partial charge in [0.25, 0.3) is 0 Å². The summed E-state index contributed by atoms with van der Waals surface area (Å²) >= 11 is 0. The third-order valence-electron chi connectivity index (χ3n) is 6.94. The average Bonchev–Trinajstić information content (AvgIpc) is 3.00. The number of hydrogen-bond acceptors (Lipinski definition) is 4. The first-order chi connectivity index (χ1) is 24.5. The van der Waals surface area contributed by atoms with Crippen molar-refractivity contribution in [3.8, 4) is 0 Å². The Morgan fingerprint density at radius 3 is 0.804 bits per heavy atom. The van der Waals surface area contributed by atoms with E-state index in [1.54, 1.807) is 10.6 Å². The van der Waals surface area contributed by atoms with Gasteiger partial charge in [-0.1, -0.05) is 12.8 Å². The lowest BCUT2D eigenvalue weighted by molar-refractivity contribution is -0.440. The van der Waals surface area contributed by atoms with Gasteiger partial charge >= 0.3 is 83.8 Å². The summed E-state index contributed by atoms with van der Waals surface area (Å²) in [5.41, 5.74) is 0. The minimum Gasteiger partial charge on any atom is -0.449 e. The number of carbonyl (C=O) groups excluding carboxylic acids is 2. The summed E-state index contributed by atoms with van der Waals surface area (Å²) < 4.78 is 347. The molecule has 0 saturated heterocycles.